The van der Waals surface area contributed by atoms with Gasteiger partial charge in [-0.05, 0) is 30.3 Å². The fourth-order valence-electron chi connectivity index (χ4n) is 2.70. The summed E-state index contributed by atoms with van der Waals surface area (Å²) in [6, 6.07) is 11.5. The van der Waals surface area contributed by atoms with Crippen molar-refractivity contribution in [3.05, 3.63) is 70.3 Å². The number of aromatic nitrogens is 2. The Kier molecular flexibility index (Phi) is 4.40. The molecule has 3 aromatic rings. The van der Waals surface area contributed by atoms with Gasteiger partial charge >= 0.3 is 0 Å². The van der Waals surface area contributed by atoms with E-state index in [1.807, 2.05) is 0 Å². The minimum absolute atomic E-state index is 0.0650. The SMILES string of the molecule is COc1cc(=O)c(C(=O)Nc2ccc3c(c2)OCO3)nn1-c1cccc(F)c1. The van der Waals surface area contributed by atoms with Crippen LogP contribution in [0.5, 0.6) is 17.4 Å². The number of carbonyl (C=O) groups is 1. The van der Waals surface area contributed by atoms with E-state index in [-0.39, 0.29) is 18.4 Å². The quantitative estimate of drug-likeness (QED) is 0.744. The maximum atomic E-state index is 13.6. The number of anilines is 1. The molecule has 28 heavy (non-hydrogen) atoms. The summed E-state index contributed by atoms with van der Waals surface area (Å²) in [6.45, 7) is 0.102. The number of carbonyl (C=O) groups excluding carboxylic acids is 1. The number of nitrogens with one attached hydrogen (secondary N) is 1. The highest BCUT2D eigenvalue weighted by Crippen LogP contribution is 2.34. The van der Waals surface area contributed by atoms with E-state index in [2.05, 4.69) is 10.4 Å². The molecule has 4 rings (SSSR count). The first-order valence-corrected chi connectivity index (χ1v) is 8.20. The number of fused-ring (bicyclic) bond motifs is 1. The molecule has 0 bridgehead atoms. The van der Waals surface area contributed by atoms with Gasteiger partial charge in [0.25, 0.3) is 5.91 Å². The van der Waals surface area contributed by atoms with E-state index < -0.39 is 17.2 Å². The Morgan fingerprint density at radius 1 is 1.18 bits per heavy atom. The van der Waals surface area contributed by atoms with Crippen molar-refractivity contribution in [2.75, 3.05) is 19.2 Å². The molecule has 0 fully saturated rings. The van der Waals surface area contributed by atoms with Crippen molar-refractivity contribution in [1.82, 2.24) is 9.78 Å². The van der Waals surface area contributed by atoms with Crippen molar-refractivity contribution in [1.29, 1.82) is 0 Å². The maximum absolute atomic E-state index is 13.6. The Hall–Kier alpha value is -3.88. The summed E-state index contributed by atoms with van der Waals surface area (Å²) >= 11 is 0. The number of hydrogen-bond acceptors (Lipinski definition) is 6. The summed E-state index contributed by atoms with van der Waals surface area (Å²) in [7, 11) is 1.35. The molecule has 1 amide bonds. The van der Waals surface area contributed by atoms with Crippen LogP contribution in [-0.2, 0) is 0 Å². The van der Waals surface area contributed by atoms with Gasteiger partial charge in [-0.1, -0.05) is 6.07 Å². The molecule has 9 heteroatoms. The third-order valence-corrected chi connectivity index (χ3v) is 4.00. The number of methoxy groups -OCH3 is 1. The highest BCUT2D eigenvalue weighted by atomic mass is 19.1. The molecule has 0 radical (unpaired) electrons. The number of hydrogen-bond donors (Lipinski definition) is 1. The van der Waals surface area contributed by atoms with Gasteiger partial charge in [0.2, 0.25) is 18.1 Å². The minimum Gasteiger partial charge on any atom is -0.481 e. The summed E-state index contributed by atoms with van der Waals surface area (Å²) in [6.07, 6.45) is 0. The van der Waals surface area contributed by atoms with Crippen LogP contribution in [0.4, 0.5) is 10.1 Å². The van der Waals surface area contributed by atoms with Crippen LogP contribution in [-0.4, -0.2) is 29.6 Å². The molecule has 1 N–H and O–H groups in total. The lowest BCUT2D eigenvalue weighted by Gasteiger charge is -2.12. The molecule has 0 saturated heterocycles. The Morgan fingerprint density at radius 3 is 2.79 bits per heavy atom. The Labute approximate surface area is 158 Å². The van der Waals surface area contributed by atoms with Gasteiger partial charge in [0.05, 0.1) is 18.9 Å². The van der Waals surface area contributed by atoms with Crippen molar-refractivity contribution in [2.24, 2.45) is 0 Å². The number of amides is 1. The average molecular weight is 383 g/mol. The van der Waals surface area contributed by atoms with Gasteiger partial charge in [-0.3, -0.25) is 9.59 Å². The van der Waals surface area contributed by atoms with Crippen LogP contribution in [0.2, 0.25) is 0 Å². The van der Waals surface area contributed by atoms with E-state index >= 15 is 0 Å². The molecular formula is C19H14FN3O5. The molecule has 1 aliphatic rings. The van der Waals surface area contributed by atoms with Crippen molar-refractivity contribution in [3.8, 4) is 23.1 Å². The zero-order chi connectivity index (χ0) is 19.7. The molecular weight excluding hydrogens is 369 g/mol. The van der Waals surface area contributed by atoms with E-state index in [1.54, 1.807) is 24.3 Å². The number of rotatable bonds is 4. The normalized spacial score (nSPS) is 11.9. The lowest BCUT2D eigenvalue weighted by molar-refractivity contribution is 0.101. The topological polar surface area (TPSA) is 91.7 Å². The molecule has 2 heterocycles. The second-order valence-electron chi connectivity index (χ2n) is 5.81. The van der Waals surface area contributed by atoms with Crippen molar-refractivity contribution < 1.29 is 23.4 Å². The van der Waals surface area contributed by atoms with Crippen molar-refractivity contribution >= 4 is 11.6 Å². The molecule has 0 aliphatic carbocycles. The number of halogens is 1. The summed E-state index contributed by atoms with van der Waals surface area (Å²) in [5, 5.41) is 6.66. The van der Waals surface area contributed by atoms with Crippen molar-refractivity contribution in [2.45, 2.75) is 0 Å². The van der Waals surface area contributed by atoms with Crippen LogP contribution in [0.3, 0.4) is 0 Å². The fraction of sp³-hybridized carbons (Fsp3) is 0.105. The maximum Gasteiger partial charge on any atom is 0.280 e. The second-order valence-corrected chi connectivity index (χ2v) is 5.81. The van der Waals surface area contributed by atoms with E-state index in [0.29, 0.717) is 22.9 Å². The first kappa shape index (κ1) is 17.5. The van der Waals surface area contributed by atoms with E-state index in [9.17, 15) is 14.0 Å². The number of ether oxygens (including phenoxy) is 3. The smallest absolute Gasteiger partial charge is 0.280 e. The van der Waals surface area contributed by atoms with Crippen LogP contribution < -0.4 is 25.0 Å². The van der Waals surface area contributed by atoms with Gasteiger partial charge in [0.1, 0.15) is 5.82 Å². The van der Waals surface area contributed by atoms with Gasteiger partial charge in [0.15, 0.2) is 17.2 Å². The summed E-state index contributed by atoms with van der Waals surface area (Å²) in [5.74, 6) is -0.106. The standard InChI is InChI=1S/C19H14FN3O5/c1-26-17-9-14(24)18(22-23(17)13-4-2-3-11(20)7-13)19(25)21-12-5-6-15-16(8-12)28-10-27-15/h2-9H,10H2,1H3,(H,21,25). The van der Waals surface area contributed by atoms with Crippen molar-refractivity contribution in [3.63, 3.8) is 0 Å². The lowest BCUT2D eigenvalue weighted by atomic mass is 10.2. The fourth-order valence-corrected chi connectivity index (χ4v) is 2.70. The minimum atomic E-state index is -0.725. The van der Waals surface area contributed by atoms with Crippen LogP contribution >= 0.6 is 0 Å². The molecule has 0 saturated carbocycles. The molecule has 8 nitrogen and oxygen atoms in total. The van der Waals surface area contributed by atoms with Gasteiger partial charge in [-0.25, -0.2) is 9.07 Å². The van der Waals surface area contributed by atoms with Crippen LogP contribution in [0, 0.1) is 5.82 Å². The first-order chi connectivity index (χ1) is 13.5. The average Bonchev–Trinajstić information content (AvgIpc) is 3.15. The Balaban J connectivity index is 1.70. The van der Waals surface area contributed by atoms with Gasteiger partial charge in [0, 0.05) is 11.8 Å². The highest BCUT2D eigenvalue weighted by Gasteiger charge is 2.19. The molecule has 2 aromatic carbocycles. The molecule has 0 unspecified atom stereocenters. The van der Waals surface area contributed by atoms with E-state index in [4.69, 9.17) is 14.2 Å². The molecule has 0 atom stereocenters. The Bertz CT molecular complexity index is 1130. The van der Waals surface area contributed by atoms with Gasteiger partial charge in [-0.2, -0.15) is 5.10 Å². The number of benzene rings is 2. The summed E-state index contributed by atoms with van der Waals surface area (Å²) in [5.41, 5.74) is -0.303. The zero-order valence-corrected chi connectivity index (χ0v) is 14.6. The zero-order valence-electron chi connectivity index (χ0n) is 14.6. The molecule has 1 aromatic heterocycles. The van der Waals surface area contributed by atoms with Crippen LogP contribution in [0.1, 0.15) is 10.5 Å². The van der Waals surface area contributed by atoms with Gasteiger partial charge in [-0.15, -0.1) is 0 Å². The summed E-state index contributed by atoms with van der Waals surface area (Å²) in [4.78, 5) is 24.9. The predicted molar refractivity (Wildman–Crippen MR) is 96.9 cm³/mol. The largest absolute Gasteiger partial charge is 0.481 e. The van der Waals surface area contributed by atoms with Crippen LogP contribution in [0.15, 0.2) is 53.3 Å². The van der Waals surface area contributed by atoms with Crippen LogP contribution in [0.25, 0.3) is 5.69 Å². The summed E-state index contributed by atoms with van der Waals surface area (Å²) < 4.78 is 30.4. The van der Waals surface area contributed by atoms with E-state index in [0.717, 1.165) is 6.07 Å². The highest BCUT2D eigenvalue weighted by molar-refractivity contribution is 6.02. The Morgan fingerprint density at radius 2 is 2.00 bits per heavy atom. The third kappa shape index (κ3) is 3.25. The monoisotopic (exact) mass is 383 g/mol. The molecule has 142 valence electrons. The van der Waals surface area contributed by atoms with Gasteiger partial charge < -0.3 is 19.5 Å². The molecule has 0 spiro atoms. The lowest BCUT2D eigenvalue weighted by Crippen LogP contribution is -2.26. The predicted octanol–water partition coefficient (Wildman–Crippen LogP) is 2.36. The molecule has 1 aliphatic heterocycles. The third-order valence-electron chi connectivity index (χ3n) is 4.00. The first-order valence-electron chi connectivity index (χ1n) is 8.20. The second kappa shape index (κ2) is 7.03. The number of nitrogens with zero attached hydrogens (tertiary/aromatic N) is 2. The van der Waals surface area contributed by atoms with E-state index in [1.165, 1.54) is 30.0 Å².